The zero-order chi connectivity index (χ0) is 18.5. The summed E-state index contributed by atoms with van der Waals surface area (Å²) in [5.74, 6) is 2.04. The van der Waals surface area contributed by atoms with E-state index in [1.54, 1.807) is 0 Å². The molecule has 0 aromatic heterocycles. The van der Waals surface area contributed by atoms with Crippen LogP contribution < -0.4 is 19.5 Å². The lowest BCUT2D eigenvalue weighted by molar-refractivity contribution is -0.128. The summed E-state index contributed by atoms with van der Waals surface area (Å²) in [6.07, 6.45) is -0.162. The van der Waals surface area contributed by atoms with Gasteiger partial charge in [-0.15, -0.1) is 0 Å². The Morgan fingerprint density at radius 3 is 2.73 bits per heavy atom. The smallest absolute Gasteiger partial charge is 0.261 e. The second-order valence-corrected chi connectivity index (χ2v) is 6.53. The Morgan fingerprint density at radius 2 is 2.00 bits per heavy atom. The zero-order valence-corrected chi connectivity index (χ0v) is 15.5. The molecule has 0 radical (unpaired) electrons. The van der Waals surface area contributed by atoms with Crippen molar-refractivity contribution >= 4 is 5.91 Å². The van der Waals surface area contributed by atoms with Crippen LogP contribution >= 0.6 is 0 Å². The molecule has 2 aromatic rings. The topological polar surface area (TPSA) is 56.8 Å². The summed E-state index contributed by atoms with van der Waals surface area (Å²) in [4.78, 5) is 12.5. The summed E-state index contributed by atoms with van der Waals surface area (Å²) in [6, 6.07) is 13.5. The van der Waals surface area contributed by atoms with Crippen molar-refractivity contribution in [1.29, 1.82) is 0 Å². The van der Waals surface area contributed by atoms with E-state index in [4.69, 9.17) is 14.2 Å². The Bertz CT molecular complexity index is 774. The molecule has 0 spiro atoms. The standard InChI is InChI=1S/C21H25NO4/c1-4-17(26-18-10-9-14(2)11-15(18)3)21(23)22-12-16-13-24-19-7-5-6-8-20(19)25-16/h5-11,16-17H,4,12-13H2,1-3H3,(H,22,23)/t16-,17+/m1/s1. The van der Waals surface area contributed by atoms with Gasteiger partial charge >= 0.3 is 0 Å². The van der Waals surface area contributed by atoms with Gasteiger partial charge in [0.2, 0.25) is 0 Å². The van der Waals surface area contributed by atoms with Crippen LogP contribution in [-0.4, -0.2) is 31.3 Å². The Morgan fingerprint density at radius 1 is 1.23 bits per heavy atom. The number of carbonyl (C=O) groups is 1. The average Bonchev–Trinajstić information content (AvgIpc) is 2.65. The lowest BCUT2D eigenvalue weighted by Crippen LogP contribution is -2.45. The number of para-hydroxylation sites is 2. The first-order valence-electron chi connectivity index (χ1n) is 8.97. The molecule has 5 heteroatoms. The van der Waals surface area contributed by atoms with Crippen LogP contribution in [0.3, 0.4) is 0 Å². The van der Waals surface area contributed by atoms with E-state index in [9.17, 15) is 4.79 Å². The van der Waals surface area contributed by atoms with Gasteiger partial charge in [0.1, 0.15) is 18.5 Å². The Kier molecular flexibility index (Phi) is 5.66. The largest absolute Gasteiger partial charge is 0.486 e. The molecule has 1 heterocycles. The highest BCUT2D eigenvalue weighted by Crippen LogP contribution is 2.30. The third-order valence-electron chi connectivity index (χ3n) is 4.33. The van der Waals surface area contributed by atoms with Crippen molar-refractivity contribution in [2.45, 2.75) is 39.4 Å². The first kappa shape index (κ1) is 18.1. The van der Waals surface area contributed by atoms with Gasteiger partial charge in [0, 0.05) is 0 Å². The highest BCUT2D eigenvalue weighted by molar-refractivity contribution is 5.81. The molecule has 5 nitrogen and oxygen atoms in total. The molecule has 0 saturated carbocycles. The molecule has 0 unspecified atom stereocenters. The summed E-state index contributed by atoms with van der Waals surface area (Å²) < 4.78 is 17.5. The van der Waals surface area contributed by atoms with Crippen molar-refractivity contribution in [3.05, 3.63) is 53.6 Å². The normalized spacial score (nSPS) is 16.7. The first-order valence-corrected chi connectivity index (χ1v) is 8.97. The van der Waals surface area contributed by atoms with Crippen LogP contribution in [0.25, 0.3) is 0 Å². The predicted octanol–water partition coefficient (Wildman–Crippen LogP) is 3.42. The molecule has 3 rings (SSSR count). The van der Waals surface area contributed by atoms with Crippen LogP contribution in [0.1, 0.15) is 24.5 Å². The Balaban J connectivity index is 1.55. The van der Waals surface area contributed by atoms with Crippen molar-refractivity contribution in [1.82, 2.24) is 5.32 Å². The second kappa shape index (κ2) is 8.13. The number of carbonyl (C=O) groups excluding carboxylic acids is 1. The molecule has 1 amide bonds. The van der Waals surface area contributed by atoms with E-state index in [-0.39, 0.29) is 12.0 Å². The number of ether oxygens (including phenoxy) is 3. The molecule has 0 aliphatic carbocycles. The number of rotatable bonds is 6. The van der Waals surface area contributed by atoms with Gasteiger partial charge in [-0.25, -0.2) is 0 Å². The van der Waals surface area contributed by atoms with Crippen molar-refractivity contribution in [3.8, 4) is 17.2 Å². The minimum absolute atomic E-state index is 0.144. The van der Waals surface area contributed by atoms with Crippen LogP contribution in [0.2, 0.25) is 0 Å². The van der Waals surface area contributed by atoms with Crippen LogP contribution in [0.4, 0.5) is 0 Å². The third-order valence-corrected chi connectivity index (χ3v) is 4.33. The number of hydrogen-bond acceptors (Lipinski definition) is 4. The van der Waals surface area contributed by atoms with Crippen LogP contribution in [0, 0.1) is 13.8 Å². The molecule has 138 valence electrons. The van der Waals surface area contributed by atoms with E-state index in [1.807, 2.05) is 63.2 Å². The molecule has 1 N–H and O–H groups in total. The molecular formula is C21H25NO4. The number of fused-ring (bicyclic) bond motifs is 1. The molecule has 2 atom stereocenters. The maximum Gasteiger partial charge on any atom is 0.261 e. The monoisotopic (exact) mass is 355 g/mol. The number of amides is 1. The van der Waals surface area contributed by atoms with Crippen molar-refractivity contribution in [2.24, 2.45) is 0 Å². The maximum atomic E-state index is 12.5. The van der Waals surface area contributed by atoms with Gasteiger partial charge in [0.25, 0.3) is 5.91 Å². The van der Waals surface area contributed by atoms with E-state index in [1.165, 1.54) is 5.56 Å². The minimum atomic E-state index is -0.534. The van der Waals surface area contributed by atoms with E-state index < -0.39 is 6.10 Å². The van der Waals surface area contributed by atoms with Gasteiger partial charge in [-0.2, -0.15) is 0 Å². The van der Waals surface area contributed by atoms with E-state index in [2.05, 4.69) is 5.32 Å². The van der Waals surface area contributed by atoms with Gasteiger partial charge in [0.05, 0.1) is 6.54 Å². The number of benzene rings is 2. The Hall–Kier alpha value is -2.69. The first-order chi connectivity index (χ1) is 12.6. The van der Waals surface area contributed by atoms with E-state index in [0.717, 1.165) is 17.1 Å². The summed E-state index contributed by atoms with van der Waals surface area (Å²) in [5.41, 5.74) is 2.19. The molecule has 1 aliphatic heterocycles. The van der Waals surface area contributed by atoms with Crippen LogP contribution in [-0.2, 0) is 4.79 Å². The quantitative estimate of drug-likeness (QED) is 0.863. The third kappa shape index (κ3) is 4.28. The number of nitrogens with one attached hydrogen (secondary N) is 1. The summed E-state index contributed by atoms with van der Waals surface area (Å²) in [7, 11) is 0. The molecule has 0 bridgehead atoms. The SMILES string of the molecule is CC[C@H](Oc1ccc(C)cc1C)C(=O)NC[C@@H]1COc2ccccc2O1. The van der Waals surface area contributed by atoms with E-state index >= 15 is 0 Å². The summed E-state index contributed by atoms with van der Waals surface area (Å²) >= 11 is 0. The second-order valence-electron chi connectivity index (χ2n) is 6.53. The molecule has 26 heavy (non-hydrogen) atoms. The van der Waals surface area contributed by atoms with Crippen LogP contribution in [0.5, 0.6) is 17.2 Å². The van der Waals surface area contributed by atoms with Gasteiger partial charge in [0.15, 0.2) is 17.6 Å². The maximum absolute atomic E-state index is 12.5. The molecule has 0 fully saturated rings. The number of aryl methyl sites for hydroxylation is 2. The lowest BCUT2D eigenvalue weighted by atomic mass is 10.1. The minimum Gasteiger partial charge on any atom is -0.486 e. The zero-order valence-electron chi connectivity index (χ0n) is 15.5. The summed E-state index contributed by atoms with van der Waals surface area (Å²) in [6.45, 7) is 6.74. The number of hydrogen-bond donors (Lipinski definition) is 1. The average molecular weight is 355 g/mol. The van der Waals surface area contributed by atoms with Crippen LogP contribution in [0.15, 0.2) is 42.5 Å². The van der Waals surface area contributed by atoms with Crippen molar-refractivity contribution in [2.75, 3.05) is 13.2 Å². The van der Waals surface area contributed by atoms with E-state index in [0.29, 0.717) is 25.3 Å². The fourth-order valence-corrected chi connectivity index (χ4v) is 2.90. The van der Waals surface area contributed by atoms with Gasteiger partial charge in [-0.1, -0.05) is 36.8 Å². The fourth-order valence-electron chi connectivity index (χ4n) is 2.90. The molecule has 2 aromatic carbocycles. The van der Waals surface area contributed by atoms with Gasteiger partial charge < -0.3 is 19.5 Å². The molecular weight excluding hydrogens is 330 g/mol. The predicted molar refractivity (Wildman–Crippen MR) is 100.0 cm³/mol. The van der Waals surface area contributed by atoms with Crippen molar-refractivity contribution < 1.29 is 19.0 Å². The fraction of sp³-hybridized carbons (Fsp3) is 0.381. The lowest BCUT2D eigenvalue weighted by Gasteiger charge is -2.27. The van der Waals surface area contributed by atoms with Crippen molar-refractivity contribution in [3.63, 3.8) is 0 Å². The van der Waals surface area contributed by atoms with Gasteiger partial charge in [-0.3, -0.25) is 4.79 Å². The highest BCUT2D eigenvalue weighted by Gasteiger charge is 2.24. The highest BCUT2D eigenvalue weighted by atomic mass is 16.6. The molecule has 1 aliphatic rings. The Labute approximate surface area is 154 Å². The molecule has 0 saturated heterocycles. The summed E-state index contributed by atoms with van der Waals surface area (Å²) in [5, 5.41) is 2.92. The van der Waals surface area contributed by atoms with Gasteiger partial charge in [-0.05, 0) is 44.0 Å².